The van der Waals surface area contributed by atoms with Gasteiger partial charge in [-0.2, -0.15) is 0 Å². The van der Waals surface area contributed by atoms with Crippen LogP contribution in [-0.2, 0) is 11.3 Å². The van der Waals surface area contributed by atoms with Gasteiger partial charge in [0.05, 0.1) is 30.2 Å². The molecule has 0 aliphatic rings. The topological polar surface area (TPSA) is 122 Å². The molecule has 11 heteroatoms. The Morgan fingerprint density at radius 3 is 1.71 bits per heavy atom. The minimum absolute atomic E-state index is 0. The van der Waals surface area contributed by atoms with Gasteiger partial charge in [0.2, 0.25) is 0 Å². The summed E-state index contributed by atoms with van der Waals surface area (Å²) in [5, 5.41) is 21.5. The summed E-state index contributed by atoms with van der Waals surface area (Å²) in [6.45, 7) is 0.441. The molecule has 0 aliphatic carbocycles. The Hall–Kier alpha value is -5.10. The first-order chi connectivity index (χ1) is 26.2. The number of esters is 1. The fraction of sp³-hybridized carbons (Fsp3) is 0.0455. The number of carbonyl (C=O) groups is 2. The van der Waals surface area contributed by atoms with E-state index in [0.717, 1.165) is 48.1 Å². The van der Waals surface area contributed by atoms with E-state index in [1.54, 1.807) is 36.4 Å². The van der Waals surface area contributed by atoms with Gasteiger partial charge in [0.25, 0.3) is 0 Å². The SMILES string of the molecule is COC(=O)c1cccc(-c2ccccc2-c2cc(Br)ccc2O)n1.O=C([O-])c1cccc(-c2ccccc2-c2cc(Br)ccc2OCc2ccccc2)n1.[Na+]. The van der Waals surface area contributed by atoms with E-state index >= 15 is 0 Å². The van der Waals surface area contributed by atoms with E-state index in [2.05, 4.69) is 41.8 Å². The quantitative estimate of drug-likeness (QED) is 0.124. The first-order valence-corrected chi connectivity index (χ1v) is 18.2. The smallest absolute Gasteiger partial charge is 0.543 e. The average Bonchev–Trinajstić information content (AvgIpc) is 3.21. The van der Waals surface area contributed by atoms with E-state index < -0.39 is 11.9 Å². The van der Waals surface area contributed by atoms with E-state index in [4.69, 9.17) is 9.47 Å². The van der Waals surface area contributed by atoms with Crippen LogP contribution in [0.15, 0.2) is 161 Å². The number of rotatable bonds is 9. The summed E-state index contributed by atoms with van der Waals surface area (Å²) in [5.74, 6) is -0.886. The minimum atomic E-state index is -1.30. The summed E-state index contributed by atoms with van der Waals surface area (Å²) in [4.78, 5) is 31.6. The molecule has 0 amide bonds. The number of methoxy groups -OCH3 is 1. The third-order valence-electron chi connectivity index (χ3n) is 8.23. The Morgan fingerprint density at radius 1 is 0.600 bits per heavy atom. The fourth-order valence-electron chi connectivity index (χ4n) is 5.68. The molecule has 8 nitrogen and oxygen atoms in total. The van der Waals surface area contributed by atoms with E-state index in [1.165, 1.54) is 13.2 Å². The molecule has 5 aromatic carbocycles. The Balaban J connectivity index is 0.000000212. The number of carbonyl (C=O) groups excluding carboxylic acids is 2. The van der Waals surface area contributed by atoms with Gasteiger partial charge < -0.3 is 24.5 Å². The molecule has 2 aromatic heterocycles. The van der Waals surface area contributed by atoms with Gasteiger partial charge in [-0.05, 0) is 77.4 Å². The molecule has 2 heterocycles. The molecule has 7 aromatic rings. The number of ether oxygens (including phenoxy) is 2. The standard InChI is InChI=1S/C25H18BrNO3.C19H14BrNO3.Na/c26-18-13-14-24(30-16-17-7-2-1-3-8-17)21(15-18)19-9-4-5-10-20(19)22-11-6-12-23(27-22)25(28)29;1-24-19(23)17-8-4-7-16(21-17)14-6-3-2-5-13(14)15-11-12(20)9-10-18(15)22;/h1-15H,16H2,(H,28,29);2-11,22H,1H3;/q;;+1/p-1. The second-order valence-corrected chi connectivity index (χ2v) is 13.6. The summed E-state index contributed by atoms with van der Waals surface area (Å²) in [5.41, 5.74) is 7.31. The molecule has 0 bridgehead atoms. The number of aromatic hydroxyl groups is 1. The fourth-order valence-corrected chi connectivity index (χ4v) is 6.40. The molecule has 0 fully saturated rings. The van der Waals surface area contributed by atoms with Crippen molar-refractivity contribution in [1.29, 1.82) is 0 Å². The van der Waals surface area contributed by atoms with Crippen molar-refractivity contribution in [2.45, 2.75) is 6.61 Å². The molecule has 0 saturated heterocycles. The Labute approximate surface area is 357 Å². The maximum Gasteiger partial charge on any atom is 1.00 e. The number of hydrogen-bond donors (Lipinski definition) is 1. The van der Waals surface area contributed by atoms with Crippen LogP contribution in [0.5, 0.6) is 11.5 Å². The van der Waals surface area contributed by atoms with Gasteiger partial charge in [-0.15, -0.1) is 0 Å². The van der Waals surface area contributed by atoms with Crippen LogP contribution in [-0.4, -0.2) is 34.1 Å². The van der Waals surface area contributed by atoms with E-state index in [-0.39, 0.29) is 46.7 Å². The summed E-state index contributed by atoms with van der Waals surface area (Å²) >= 11 is 6.97. The number of pyridine rings is 2. The number of phenolic OH excluding ortho intramolecular Hbond substituents is 1. The van der Waals surface area contributed by atoms with Crippen LogP contribution >= 0.6 is 31.9 Å². The number of phenols is 1. The monoisotopic (exact) mass is 864 g/mol. The van der Waals surface area contributed by atoms with Gasteiger partial charge in [0, 0.05) is 31.2 Å². The third kappa shape index (κ3) is 10.4. The van der Waals surface area contributed by atoms with Crippen LogP contribution < -0.4 is 39.4 Å². The summed E-state index contributed by atoms with van der Waals surface area (Å²) in [6.07, 6.45) is 0. The van der Waals surface area contributed by atoms with Gasteiger partial charge in [0.1, 0.15) is 23.8 Å². The van der Waals surface area contributed by atoms with Crippen molar-refractivity contribution in [2.24, 2.45) is 0 Å². The van der Waals surface area contributed by atoms with Gasteiger partial charge in [-0.25, -0.2) is 14.8 Å². The van der Waals surface area contributed by atoms with Crippen molar-refractivity contribution in [2.75, 3.05) is 7.11 Å². The zero-order valence-corrected chi connectivity index (χ0v) is 35.0. The van der Waals surface area contributed by atoms with Crippen LogP contribution in [0.4, 0.5) is 0 Å². The van der Waals surface area contributed by atoms with Crippen molar-refractivity contribution in [3.05, 3.63) is 178 Å². The number of benzene rings is 5. The molecule has 7 rings (SSSR count). The predicted octanol–water partition coefficient (Wildman–Crippen LogP) is 6.79. The molecule has 0 saturated carbocycles. The number of halogens is 2. The average molecular weight is 867 g/mol. The number of aromatic nitrogens is 2. The van der Waals surface area contributed by atoms with Crippen LogP contribution in [0.25, 0.3) is 44.8 Å². The second kappa shape index (κ2) is 19.5. The van der Waals surface area contributed by atoms with Gasteiger partial charge in [-0.1, -0.05) is 123 Å². The van der Waals surface area contributed by atoms with Crippen molar-refractivity contribution in [1.82, 2.24) is 9.97 Å². The predicted molar refractivity (Wildman–Crippen MR) is 214 cm³/mol. The molecule has 0 unspecified atom stereocenters. The van der Waals surface area contributed by atoms with Gasteiger partial charge in [0.15, 0.2) is 0 Å². The zero-order chi connectivity index (χ0) is 38.0. The van der Waals surface area contributed by atoms with Crippen molar-refractivity contribution < 1.29 is 58.8 Å². The molecule has 0 atom stereocenters. The van der Waals surface area contributed by atoms with Crippen LogP contribution in [0.2, 0.25) is 0 Å². The molecular weight excluding hydrogens is 835 g/mol. The number of carboxylic acid groups (broad SMARTS) is 1. The summed E-state index contributed by atoms with van der Waals surface area (Å²) < 4.78 is 12.6. The van der Waals surface area contributed by atoms with Crippen LogP contribution in [0, 0.1) is 0 Å². The van der Waals surface area contributed by atoms with E-state index in [1.807, 2.05) is 109 Å². The van der Waals surface area contributed by atoms with E-state index in [0.29, 0.717) is 23.6 Å². The molecule has 0 radical (unpaired) electrons. The molecular formula is C44H31Br2N2NaO6. The van der Waals surface area contributed by atoms with Crippen LogP contribution in [0.1, 0.15) is 26.5 Å². The van der Waals surface area contributed by atoms with Crippen molar-refractivity contribution >= 4 is 43.8 Å². The van der Waals surface area contributed by atoms with Gasteiger partial charge in [-0.3, -0.25) is 0 Å². The molecule has 55 heavy (non-hydrogen) atoms. The first-order valence-electron chi connectivity index (χ1n) is 16.6. The first kappa shape index (κ1) is 41.1. The third-order valence-corrected chi connectivity index (χ3v) is 9.21. The van der Waals surface area contributed by atoms with Crippen LogP contribution in [0.3, 0.4) is 0 Å². The van der Waals surface area contributed by atoms with Crippen molar-refractivity contribution in [3.63, 3.8) is 0 Å². The number of hydrogen-bond acceptors (Lipinski definition) is 8. The number of aromatic carboxylic acids is 1. The number of nitrogens with zero attached hydrogens (tertiary/aromatic N) is 2. The summed E-state index contributed by atoms with van der Waals surface area (Å²) in [7, 11) is 1.32. The molecule has 0 spiro atoms. The maximum absolute atomic E-state index is 11.7. The summed E-state index contributed by atoms with van der Waals surface area (Å²) in [6, 6.07) is 46.4. The molecule has 268 valence electrons. The molecule has 1 N–H and O–H groups in total. The van der Waals surface area contributed by atoms with E-state index in [9.17, 15) is 19.8 Å². The normalized spacial score (nSPS) is 10.3. The largest absolute Gasteiger partial charge is 1.00 e. The Morgan fingerprint density at radius 2 is 1.11 bits per heavy atom. The van der Waals surface area contributed by atoms with Gasteiger partial charge >= 0.3 is 35.5 Å². The maximum atomic E-state index is 11.7. The van der Waals surface area contributed by atoms with Crippen molar-refractivity contribution in [3.8, 4) is 56.3 Å². The Bertz CT molecular complexity index is 2450. The number of carboxylic acids is 1. The molecule has 0 aliphatic heterocycles. The second-order valence-electron chi connectivity index (χ2n) is 11.8. The zero-order valence-electron chi connectivity index (χ0n) is 29.8. The Kier molecular flexibility index (Phi) is 14.5. The minimum Gasteiger partial charge on any atom is -0.543 e.